The number of thiazole rings is 1. The number of nitrogens with zero attached hydrogens (tertiary/aromatic N) is 4. The predicted octanol–water partition coefficient (Wildman–Crippen LogP) is 7.51. The number of likely N-dealkylation sites (tertiary alicyclic amines) is 1. The fraction of sp³-hybridized carbons (Fsp3) is 0.386. The maximum absolute atomic E-state index is 13.8. The predicted molar refractivity (Wildman–Crippen MR) is 221 cm³/mol. The summed E-state index contributed by atoms with van der Waals surface area (Å²) in [5.74, 6) is -0.315. The number of aliphatic carboxylic acids is 1. The molecule has 12 nitrogen and oxygen atoms in total. The Kier molecular flexibility index (Phi) is 11.6. The molecule has 0 radical (unpaired) electrons. The molecule has 298 valence electrons. The van der Waals surface area contributed by atoms with Crippen molar-refractivity contribution in [1.82, 2.24) is 14.9 Å². The number of hydrogen-bond acceptors (Lipinski definition) is 11. The van der Waals surface area contributed by atoms with Crippen LogP contribution in [0.1, 0.15) is 84.0 Å². The molecule has 3 N–H and O–H groups in total. The maximum Gasteiger partial charge on any atom is 0.358 e. The molecule has 2 aliphatic rings. The lowest BCUT2D eigenvalue weighted by atomic mass is 9.87. The molecule has 57 heavy (non-hydrogen) atoms. The van der Waals surface area contributed by atoms with E-state index in [4.69, 9.17) is 19.6 Å². The van der Waals surface area contributed by atoms with Gasteiger partial charge in [-0.25, -0.2) is 14.8 Å². The highest BCUT2D eigenvalue weighted by Gasteiger charge is 2.32. The third-order valence-electron chi connectivity index (χ3n) is 10.5. The SMILES string of the molecule is Cc1cc(OCCCC2(O)CCN(CC(=O)O)CC2)ccc1-c1ccc(N2CCc3cccc(C(=O)Nc4nc5ccccc5s4)c3C2)nc1C(=O)OC(C)(C)C. The molecule has 0 atom stereocenters. The van der Waals surface area contributed by atoms with Crippen LogP contribution in [0.5, 0.6) is 5.75 Å². The van der Waals surface area contributed by atoms with E-state index in [1.54, 1.807) is 0 Å². The zero-order valence-corrected chi connectivity index (χ0v) is 33.7. The number of nitrogens with one attached hydrogen (secondary N) is 1. The molecule has 2 aromatic heterocycles. The van der Waals surface area contributed by atoms with Gasteiger partial charge in [-0.15, -0.1) is 0 Å². The zero-order valence-electron chi connectivity index (χ0n) is 32.8. The first-order valence-corrected chi connectivity index (χ1v) is 20.2. The number of amides is 1. The molecule has 1 amide bonds. The number of fused-ring (bicyclic) bond motifs is 2. The quantitative estimate of drug-likeness (QED) is 0.0850. The van der Waals surface area contributed by atoms with E-state index >= 15 is 0 Å². The monoisotopic (exact) mass is 791 g/mol. The number of aryl methyl sites for hydroxylation is 1. The van der Waals surface area contributed by atoms with Crippen LogP contribution in [-0.2, 0) is 22.5 Å². The van der Waals surface area contributed by atoms with Crippen molar-refractivity contribution < 1.29 is 34.1 Å². The Morgan fingerprint density at radius 1 is 0.947 bits per heavy atom. The molecular formula is C44H49N5O7S. The van der Waals surface area contributed by atoms with Crippen LogP contribution in [0, 0.1) is 6.92 Å². The molecule has 7 rings (SSSR count). The standard InChI is InChI=1S/C44H49N5O7S/c1-28-25-30(55-24-8-18-44(54)19-22-48(23-20-44)27-38(50)51)13-14-31(28)32-15-16-37(46-39(32)41(53)56-43(2,3)4)49-21-17-29-9-7-10-33(34(29)26-49)40(52)47-42-45-35-11-5-6-12-36(35)57-42/h5-7,9-16,25,54H,8,17-24,26-27H2,1-4H3,(H,50,51)(H,45,47,52). The Morgan fingerprint density at radius 3 is 2.46 bits per heavy atom. The lowest BCUT2D eigenvalue weighted by Crippen LogP contribution is -2.46. The van der Waals surface area contributed by atoms with Crippen molar-refractivity contribution in [2.45, 2.75) is 77.5 Å². The van der Waals surface area contributed by atoms with E-state index in [-0.39, 0.29) is 18.1 Å². The van der Waals surface area contributed by atoms with Crippen LogP contribution in [-0.4, -0.2) is 86.9 Å². The van der Waals surface area contributed by atoms with Crippen LogP contribution in [0.4, 0.5) is 10.9 Å². The lowest BCUT2D eigenvalue weighted by molar-refractivity contribution is -0.139. The van der Waals surface area contributed by atoms with E-state index in [1.165, 1.54) is 11.3 Å². The Bertz CT molecular complexity index is 2260. The molecule has 4 heterocycles. The first kappa shape index (κ1) is 39.8. The fourth-order valence-electron chi connectivity index (χ4n) is 7.59. The van der Waals surface area contributed by atoms with Crippen LogP contribution < -0.4 is 15.0 Å². The van der Waals surface area contributed by atoms with Gasteiger partial charge in [0, 0.05) is 37.3 Å². The van der Waals surface area contributed by atoms with E-state index in [1.807, 2.05) is 99.3 Å². The fourth-order valence-corrected chi connectivity index (χ4v) is 8.45. The van der Waals surface area contributed by atoms with Gasteiger partial charge in [0.05, 0.1) is 29.0 Å². The van der Waals surface area contributed by atoms with Crippen LogP contribution in [0.3, 0.4) is 0 Å². The van der Waals surface area contributed by atoms with E-state index in [0.717, 1.165) is 32.5 Å². The number of esters is 1. The summed E-state index contributed by atoms with van der Waals surface area (Å²) >= 11 is 1.44. The largest absolute Gasteiger partial charge is 0.494 e. The minimum Gasteiger partial charge on any atom is -0.494 e. The van der Waals surface area contributed by atoms with E-state index in [2.05, 4.69) is 21.3 Å². The normalized spacial score (nSPS) is 15.6. The third kappa shape index (κ3) is 9.61. The molecule has 3 aromatic carbocycles. The summed E-state index contributed by atoms with van der Waals surface area (Å²) in [7, 11) is 0. The number of carbonyl (C=O) groups excluding carboxylic acids is 2. The number of carboxylic acids is 1. The Morgan fingerprint density at radius 2 is 1.72 bits per heavy atom. The van der Waals surface area contributed by atoms with Gasteiger partial charge in [-0.1, -0.05) is 41.7 Å². The van der Waals surface area contributed by atoms with Crippen molar-refractivity contribution in [3.8, 4) is 16.9 Å². The van der Waals surface area contributed by atoms with Gasteiger partial charge in [0.2, 0.25) is 0 Å². The number of hydrogen-bond donors (Lipinski definition) is 3. The second-order valence-electron chi connectivity index (χ2n) is 15.9. The van der Waals surface area contributed by atoms with Gasteiger partial charge in [0.25, 0.3) is 5.91 Å². The first-order chi connectivity index (χ1) is 27.2. The lowest BCUT2D eigenvalue weighted by Gasteiger charge is -2.37. The Labute approximate surface area is 336 Å². The van der Waals surface area contributed by atoms with E-state index in [9.17, 15) is 19.5 Å². The molecule has 1 saturated heterocycles. The second kappa shape index (κ2) is 16.6. The molecule has 0 bridgehead atoms. The van der Waals surface area contributed by atoms with Gasteiger partial charge in [-0.2, -0.15) is 0 Å². The number of rotatable bonds is 12. The average molecular weight is 792 g/mol. The number of carboxylic acid groups (broad SMARTS) is 1. The van der Waals surface area contributed by atoms with Crippen molar-refractivity contribution in [1.29, 1.82) is 0 Å². The van der Waals surface area contributed by atoms with Gasteiger partial charge in [-0.3, -0.25) is 19.8 Å². The molecular weight excluding hydrogens is 743 g/mol. The van der Waals surface area contributed by atoms with Crippen molar-refractivity contribution in [3.63, 3.8) is 0 Å². The van der Waals surface area contributed by atoms with Crippen molar-refractivity contribution >= 4 is 50.3 Å². The van der Waals surface area contributed by atoms with E-state index in [0.29, 0.717) is 92.7 Å². The smallest absolute Gasteiger partial charge is 0.358 e. The number of anilines is 2. The molecule has 0 saturated carbocycles. The number of aliphatic hydroxyl groups is 1. The molecule has 2 aliphatic heterocycles. The molecule has 0 aliphatic carbocycles. The number of carbonyl (C=O) groups is 3. The summed E-state index contributed by atoms with van der Waals surface area (Å²) in [4.78, 5) is 52.0. The van der Waals surface area contributed by atoms with Crippen LogP contribution in [0.2, 0.25) is 0 Å². The number of piperidine rings is 1. The summed E-state index contributed by atoms with van der Waals surface area (Å²) in [5.41, 5.74) is 4.43. The molecule has 1 fully saturated rings. The van der Waals surface area contributed by atoms with Crippen LogP contribution >= 0.6 is 11.3 Å². The van der Waals surface area contributed by atoms with Crippen LogP contribution in [0.15, 0.2) is 72.8 Å². The van der Waals surface area contributed by atoms with E-state index < -0.39 is 23.1 Å². The highest BCUT2D eigenvalue weighted by molar-refractivity contribution is 7.22. The van der Waals surface area contributed by atoms with Crippen molar-refractivity contribution in [2.75, 3.05) is 43.0 Å². The molecule has 0 unspecified atom stereocenters. The number of aromatic nitrogens is 2. The maximum atomic E-state index is 13.8. The van der Waals surface area contributed by atoms with Gasteiger partial charge < -0.3 is 24.6 Å². The molecule has 5 aromatic rings. The summed E-state index contributed by atoms with van der Waals surface area (Å²) < 4.78 is 13.0. The first-order valence-electron chi connectivity index (χ1n) is 19.4. The summed E-state index contributed by atoms with van der Waals surface area (Å²) in [5, 5.41) is 23.6. The topological polar surface area (TPSA) is 154 Å². The van der Waals surface area contributed by atoms with Gasteiger partial charge in [0.15, 0.2) is 10.8 Å². The Hall–Kier alpha value is -5.37. The second-order valence-corrected chi connectivity index (χ2v) is 17.0. The number of para-hydroxylation sites is 1. The average Bonchev–Trinajstić information content (AvgIpc) is 3.58. The van der Waals surface area contributed by atoms with Crippen LogP contribution in [0.25, 0.3) is 21.3 Å². The molecule has 0 spiro atoms. The van der Waals surface area contributed by atoms with Gasteiger partial charge in [0.1, 0.15) is 17.2 Å². The molecule has 13 heteroatoms. The number of benzene rings is 3. The third-order valence-corrected chi connectivity index (χ3v) is 11.5. The minimum atomic E-state index is -0.853. The van der Waals surface area contributed by atoms with Crippen molar-refractivity contribution in [3.05, 3.63) is 101 Å². The van der Waals surface area contributed by atoms with Crippen molar-refractivity contribution in [2.24, 2.45) is 0 Å². The number of ether oxygens (including phenoxy) is 2. The highest BCUT2D eigenvalue weighted by Crippen LogP contribution is 2.34. The minimum absolute atomic E-state index is 0.00289. The summed E-state index contributed by atoms with van der Waals surface area (Å²) in [6, 6.07) is 23.1. The van der Waals surface area contributed by atoms with Gasteiger partial charge in [-0.05, 0) is 125 Å². The zero-order chi connectivity index (χ0) is 40.3. The number of pyridine rings is 1. The Balaban J connectivity index is 1.06. The highest BCUT2D eigenvalue weighted by atomic mass is 32.1. The summed E-state index contributed by atoms with van der Waals surface area (Å²) in [6.45, 7) is 10.1. The summed E-state index contributed by atoms with van der Waals surface area (Å²) in [6.07, 6.45) is 3.00. The van der Waals surface area contributed by atoms with Gasteiger partial charge >= 0.3 is 11.9 Å².